The maximum absolute atomic E-state index is 11.0. The molecule has 138 valence electrons. The van der Waals surface area contributed by atoms with Gasteiger partial charge >= 0.3 is 0 Å². The predicted octanol–water partition coefficient (Wildman–Crippen LogP) is 3.25. The van der Waals surface area contributed by atoms with Crippen molar-refractivity contribution in [2.75, 3.05) is 6.61 Å². The Hall–Kier alpha value is -0.160. The summed E-state index contributed by atoms with van der Waals surface area (Å²) >= 11 is 0. The molecule has 0 aromatic rings. The molecule has 4 heteroatoms. The highest BCUT2D eigenvalue weighted by Crippen LogP contribution is 2.68. The van der Waals surface area contributed by atoms with Gasteiger partial charge in [-0.15, -0.1) is 0 Å². The van der Waals surface area contributed by atoms with E-state index in [-0.39, 0.29) is 28.5 Å². The normalized spacial score (nSPS) is 56.8. The van der Waals surface area contributed by atoms with Gasteiger partial charge in [0.25, 0.3) is 0 Å². The van der Waals surface area contributed by atoms with Crippen molar-refractivity contribution >= 4 is 0 Å². The van der Waals surface area contributed by atoms with E-state index in [9.17, 15) is 10.2 Å². The molecule has 2 saturated carbocycles. The molecular weight excluding hydrogens is 304 g/mol. The molecule has 7 atom stereocenters. The Labute approximate surface area is 145 Å². The van der Waals surface area contributed by atoms with Crippen LogP contribution in [0.1, 0.15) is 72.6 Å². The van der Waals surface area contributed by atoms with Crippen molar-refractivity contribution in [1.29, 1.82) is 0 Å². The summed E-state index contributed by atoms with van der Waals surface area (Å²) in [5, 5.41) is 21.4. The second kappa shape index (κ2) is 5.18. The Morgan fingerprint density at radius 2 is 1.71 bits per heavy atom. The number of aliphatic hydroxyl groups is 2. The fraction of sp³-hybridized carbons (Fsp3) is 1.00. The van der Waals surface area contributed by atoms with E-state index in [4.69, 9.17) is 9.47 Å². The van der Waals surface area contributed by atoms with E-state index >= 15 is 0 Å². The number of hydrogen-bond donors (Lipinski definition) is 2. The standard InChI is InChI=1S/C20H34O4/c1-13-12-14(21)15-17(2,3)6-5-7-18(15,4)20(13)9-8-19(24-20)10-11-23-16(19)22/h13-16,21-22H,5-12H2,1-4H3/t13-,14-,15+,16+,18+,19-,20-/m1/s1. The second-order valence-corrected chi connectivity index (χ2v) is 9.97. The first-order valence-electron chi connectivity index (χ1n) is 9.85. The number of hydrogen-bond acceptors (Lipinski definition) is 4. The Kier molecular flexibility index (Phi) is 3.73. The summed E-state index contributed by atoms with van der Waals surface area (Å²) in [5.41, 5.74) is -0.684. The van der Waals surface area contributed by atoms with Crippen LogP contribution in [0.15, 0.2) is 0 Å². The lowest BCUT2D eigenvalue weighted by molar-refractivity contribution is -0.289. The third kappa shape index (κ3) is 2.00. The van der Waals surface area contributed by atoms with E-state index in [1.807, 2.05) is 0 Å². The van der Waals surface area contributed by atoms with Gasteiger partial charge in [-0.05, 0) is 49.4 Å². The van der Waals surface area contributed by atoms with E-state index in [0.717, 1.165) is 32.1 Å². The van der Waals surface area contributed by atoms with Gasteiger partial charge in [-0.2, -0.15) is 0 Å². The molecule has 2 aliphatic heterocycles. The fourth-order valence-electron chi connectivity index (χ4n) is 7.34. The van der Waals surface area contributed by atoms with Crippen LogP contribution in [-0.4, -0.2) is 40.4 Å². The van der Waals surface area contributed by atoms with Gasteiger partial charge in [0, 0.05) is 11.8 Å². The van der Waals surface area contributed by atoms with Crippen molar-refractivity contribution in [2.45, 2.75) is 96.2 Å². The molecule has 2 N–H and O–H groups in total. The molecule has 4 rings (SSSR count). The minimum absolute atomic E-state index is 0.0440. The first-order chi connectivity index (χ1) is 11.2. The summed E-state index contributed by atoms with van der Waals surface area (Å²) in [6, 6.07) is 0. The van der Waals surface area contributed by atoms with Gasteiger partial charge < -0.3 is 19.7 Å². The number of ether oxygens (including phenoxy) is 2. The van der Waals surface area contributed by atoms with Crippen LogP contribution in [0.25, 0.3) is 0 Å². The molecule has 4 aliphatic rings. The van der Waals surface area contributed by atoms with E-state index in [1.54, 1.807) is 0 Å². The maximum Gasteiger partial charge on any atom is 0.184 e. The van der Waals surface area contributed by atoms with Crippen LogP contribution in [0.5, 0.6) is 0 Å². The summed E-state index contributed by atoms with van der Waals surface area (Å²) in [6.07, 6.45) is 5.86. The topological polar surface area (TPSA) is 58.9 Å². The number of fused-ring (bicyclic) bond motifs is 2. The van der Waals surface area contributed by atoms with Crippen molar-refractivity contribution in [1.82, 2.24) is 0 Å². The Bertz CT molecular complexity index is 520. The minimum Gasteiger partial charge on any atom is -0.393 e. The molecule has 0 bridgehead atoms. The lowest BCUT2D eigenvalue weighted by Gasteiger charge is -2.65. The van der Waals surface area contributed by atoms with E-state index in [0.29, 0.717) is 12.5 Å². The van der Waals surface area contributed by atoms with Crippen LogP contribution >= 0.6 is 0 Å². The van der Waals surface area contributed by atoms with Crippen molar-refractivity contribution in [3.8, 4) is 0 Å². The molecule has 4 nitrogen and oxygen atoms in total. The van der Waals surface area contributed by atoms with Crippen LogP contribution in [0.3, 0.4) is 0 Å². The molecule has 2 saturated heterocycles. The summed E-state index contributed by atoms with van der Waals surface area (Å²) in [5.74, 6) is 0.555. The quantitative estimate of drug-likeness (QED) is 0.712. The average Bonchev–Trinajstić information content (AvgIpc) is 3.03. The molecule has 0 unspecified atom stereocenters. The van der Waals surface area contributed by atoms with E-state index < -0.39 is 11.9 Å². The summed E-state index contributed by atoms with van der Waals surface area (Å²) in [6.45, 7) is 9.83. The highest BCUT2D eigenvalue weighted by Gasteiger charge is 2.70. The van der Waals surface area contributed by atoms with Gasteiger partial charge in [0.05, 0.1) is 18.3 Å². The van der Waals surface area contributed by atoms with Crippen LogP contribution in [-0.2, 0) is 9.47 Å². The van der Waals surface area contributed by atoms with Crippen molar-refractivity contribution in [3.05, 3.63) is 0 Å². The van der Waals surface area contributed by atoms with Crippen LogP contribution in [0.4, 0.5) is 0 Å². The lowest BCUT2D eigenvalue weighted by Crippen LogP contribution is -2.67. The van der Waals surface area contributed by atoms with Crippen molar-refractivity contribution in [2.24, 2.45) is 22.7 Å². The molecule has 0 amide bonds. The molecular formula is C20H34O4. The molecule has 0 radical (unpaired) electrons. The van der Waals surface area contributed by atoms with Crippen molar-refractivity contribution < 1.29 is 19.7 Å². The molecule has 0 aromatic heterocycles. The molecule has 24 heavy (non-hydrogen) atoms. The zero-order chi connectivity index (χ0) is 17.4. The van der Waals surface area contributed by atoms with Crippen molar-refractivity contribution in [3.63, 3.8) is 0 Å². The highest BCUT2D eigenvalue weighted by molar-refractivity contribution is 5.18. The lowest BCUT2D eigenvalue weighted by atomic mass is 9.43. The minimum atomic E-state index is -0.797. The zero-order valence-corrected chi connectivity index (χ0v) is 15.7. The second-order valence-electron chi connectivity index (χ2n) is 9.97. The SMILES string of the molecule is C[C@@H]1C[C@@H](O)[C@H]2C(C)(C)CCC[C@]2(C)[C@@]12CC[C@]1(CCO[C@@H]1O)O2. The van der Waals surface area contributed by atoms with Gasteiger partial charge in [0.2, 0.25) is 0 Å². The van der Waals surface area contributed by atoms with Gasteiger partial charge in [-0.1, -0.05) is 34.1 Å². The first-order valence-corrected chi connectivity index (χ1v) is 9.85. The fourth-order valence-corrected chi connectivity index (χ4v) is 7.34. The van der Waals surface area contributed by atoms with Crippen LogP contribution in [0.2, 0.25) is 0 Å². The summed E-state index contributed by atoms with van der Waals surface area (Å²) in [7, 11) is 0. The van der Waals surface area contributed by atoms with E-state index in [2.05, 4.69) is 27.7 Å². The van der Waals surface area contributed by atoms with Crippen LogP contribution in [0, 0.1) is 22.7 Å². The van der Waals surface area contributed by atoms with Gasteiger partial charge in [0.1, 0.15) is 5.60 Å². The first kappa shape index (κ1) is 17.3. The average molecular weight is 338 g/mol. The van der Waals surface area contributed by atoms with Gasteiger partial charge in [-0.25, -0.2) is 0 Å². The Morgan fingerprint density at radius 1 is 0.958 bits per heavy atom. The zero-order valence-electron chi connectivity index (χ0n) is 15.7. The molecule has 2 spiro atoms. The monoisotopic (exact) mass is 338 g/mol. The van der Waals surface area contributed by atoms with E-state index in [1.165, 1.54) is 12.8 Å². The summed E-state index contributed by atoms with van der Waals surface area (Å²) in [4.78, 5) is 0. The maximum atomic E-state index is 11.0. The molecule has 0 aromatic carbocycles. The molecule has 2 aliphatic carbocycles. The summed E-state index contributed by atoms with van der Waals surface area (Å²) < 4.78 is 12.4. The van der Waals surface area contributed by atoms with Crippen LogP contribution < -0.4 is 0 Å². The van der Waals surface area contributed by atoms with Gasteiger partial charge in [-0.3, -0.25) is 0 Å². The Morgan fingerprint density at radius 3 is 2.38 bits per heavy atom. The largest absolute Gasteiger partial charge is 0.393 e. The third-order valence-corrected chi connectivity index (χ3v) is 8.34. The third-order valence-electron chi connectivity index (χ3n) is 8.34. The van der Waals surface area contributed by atoms with Gasteiger partial charge in [0.15, 0.2) is 6.29 Å². The predicted molar refractivity (Wildman–Crippen MR) is 91.4 cm³/mol. The highest BCUT2D eigenvalue weighted by atomic mass is 16.7. The molecule has 2 heterocycles. The Balaban J connectivity index is 1.77. The smallest absolute Gasteiger partial charge is 0.184 e. The molecule has 4 fully saturated rings. The number of rotatable bonds is 0. The number of aliphatic hydroxyl groups excluding tert-OH is 2.